The van der Waals surface area contributed by atoms with E-state index in [1.165, 1.54) is 12.8 Å². The minimum atomic E-state index is -0.408. The fourth-order valence-electron chi connectivity index (χ4n) is 2.63. The van der Waals surface area contributed by atoms with E-state index in [1.54, 1.807) is 0 Å². The summed E-state index contributed by atoms with van der Waals surface area (Å²) in [5.41, 5.74) is -0.408. The minimum absolute atomic E-state index is 0.169. The van der Waals surface area contributed by atoms with Gasteiger partial charge in [-0.05, 0) is 58.4 Å². The maximum absolute atomic E-state index is 12.1. The first kappa shape index (κ1) is 14.6. The predicted molar refractivity (Wildman–Crippen MR) is 76.1 cm³/mol. The van der Waals surface area contributed by atoms with Gasteiger partial charge in [0.2, 0.25) is 0 Å². The van der Waals surface area contributed by atoms with Crippen molar-refractivity contribution in [3.8, 4) is 0 Å². The van der Waals surface area contributed by atoms with Crippen LogP contribution in [0.4, 0.5) is 4.79 Å². The Kier molecular flexibility index (Phi) is 4.39. The zero-order valence-corrected chi connectivity index (χ0v) is 12.7. The molecule has 1 heterocycles. The number of amides is 1. The highest BCUT2D eigenvalue weighted by Gasteiger charge is 2.31. The maximum Gasteiger partial charge on any atom is 0.410 e. The zero-order valence-electron chi connectivity index (χ0n) is 12.7. The third-order valence-corrected chi connectivity index (χ3v) is 3.70. The molecular formula is C15H28N2O2. The summed E-state index contributed by atoms with van der Waals surface area (Å²) in [5.74, 6) is 1.42. The van der Waals surface area contributed by atoms with Crippen molar-refractivity contribution in [3.63, 3.8) is 0 Å². The lowest BCUT2D eigenvalue weighted by molar-refractivity contribution is 0.0137. The molecule has 2 atom stereocenters. The van der Waals surface area contributed by atoms with Crippen LogP contribution in [0.25, 0.3) is 0 Å². The van der Waals surface area contributed by atoms with Gasteiger partial charge in [0.05, 0.1) is 0 Å². The highest BCUT2D eigenvalue weighted by molar-refractivity contribution is 5.68. The molecule has 1 amide bonds. The van der Waals surface area contributed by atoms with Gasteiger partial charge >= 0.3 is 6.09 Å². The lowest BCUT2D eigenvalue weighted by atomic mass is 9.96. The van der Waals surface area contributed by atoms with Crippen LogP contribution in [-0.2, 0) is 4.74 Å². The van der Waals surface area contributed by atoms with E-state index in [-0.39, 0.29) is 6.09 Å². The van der Waals surface area contributed by atoms with Gasteiger partial charge in [-0.2, -0.15) is 0 Å². The van der Waals surface area contributed by atoms with Crippen LogP contribution in [0.3, 0.4) is 0 Å². The fourth-order valence-corrected chi connectivity index (χ4v) is 2.63. The van der Waals surface area contributed by atoms with Crippen LogP contribution in [0.5, 0.6) is 0 Å². The van der Waals surface area contributed by atoms with Crippen molar-refractivity contribution in [1.29, 1.82) is 0 Å². The molecule has 0 bridgehead atoms. The van der Waals surface area contributed by atoms with Crippen molar-refractivity contribution >= 4 is 6.09 Å². The Labute approximate surface area is 116 Å². The molecule has 19 heavy (non-hydrogen) atoms. The number of hydrogen-bond donors (Lipinski definition) is 1. The van der Waals surface area contributed by atoms with Gasteiger partial charge in [0.15, 0.2) is 0 Å². The van der Waals surface area contributed by atoms with Crippen LogP contribution >= 0.6 is 0 Å². The van der Waals surface area contributed by atoms with Crippen LogP contribution in [0.1, 0.15) is 47.0 Å². The van der Waals surface area contributed by atoms with Crippen molar-refractivity contribution in [2.45, 2.75) is 58.6 Å². The third-order valence-electron chi connectivity index (χ3n) is 3.70. The second-order valence-corrected chi connectivity index (χ2v) is 7.27. The minimum Gasteiger partial charge on any atom is -0.444 e. The van der Waals surface area contributed by atoms with Gasteiger partial charge < -0.3 is 15.0 Å². The summed E-state index contributed by atoms with van der Waals surface area (Å²) in [5, 5.41) is 3.61. The number of piperidine rings is 1. The number of carbonyl (C=O) groups excluding carboxylic acids is 1. The molecule has 1 saturated heterocycles. The van der Waals surface area contributed by atoms with Gasteiger partial charge in [0.25, 0.3) is 0 Å². The number of nitrogens with one attached hydrogen (secondary N) is 1. The molecule has 2 aliphatic rings. The van der Waals surface area contributed by atoms with E-state index in [2.05, 4.69) is 12.2 Å². The average molecular weight is 268 g/mol. The monoisotopic (exact) mass is 268 g/mol. The van der Waals surface area contributed by atoms with Gasteiger partial charge in [0, 0.05) is 19.1 Å². The van der Waals surface area contributed by atoms with Crippen LogP contribution in [0.2, 0.25) is 0 Å². The Morgan fingerprint density at radius 3 is 2.58 bits per heavy atom. The number of likely N-dealkylation sites (tertiary alicyclic amines) is 1. The molecule has 2 fully saturated rings. The van der Waals surface area contributed by atoms with E-state index < -0.39 is 5.60 Å². The van der Waals surface area contributed by atoms with E-state index in [1.807, 2.05) is 25.7 Å². The molecular weight excluding hydrogens is 240 g/mol. The number of rotatable bonds is 3. The van der Waals surface area contributed by atoms with Crippen molar-refractivity contribution in [2.75, 3.05) is 19.6 Å². The molecule has 4 heteroatoms. The Balaban J connectivity index is 1.83. The lowest BCUT2D eigenvalue weighted by Gasteiger charge is -2.37. The summed E-state index contributed by atoms with van der Waals surface area (Å²) in [6.45, 7) is 10.7. The van der Waals surface area contributed by atoms with Gasteiger partial charge in [-0.1, -0.05) is 6.92 Å². The zero-order chi connectivity index (χ0) is 14.0. The van der Waals surface area contributed by atoms with Crippen LogP contribution in [0.15, 0.2) is 0 Å². The second kappa shape index (κ2) is 5.70. The Morgan fingerprint density at radius 1 is 1.32 bits per heavy atom. The molecule has 1 aliphatic carbocycles. The largest absolute Gasteiger partial charge is 0.444 e. The quantitative estimate of drug-likeness (QED) is 0.855. The normalized spacial score (nSPS) is 28.3. The van der Waals surface area contributed by atoms with E-state index >= 15 is 0 Å². The first-order valence-corrected chi connectivity index (χ1v) is 7.55. The average Bonchev–Trinajstić information content (AvgIpc) is 3.07. The lowest BCUT2D eigenvalue weighted by Crippen LogP contribution is -2.52. The molecule has 1 N–H and O–H groups in total. The van der Waals surface area contributed by atoms with Gasteiger partial charge in [-0.15, -0.1) is 0 Å². The van der Waals surface area contributed by atoms with Crippen molar-refractivity contribution in [1.82, 2.24) is 10.2 Å². The molecule has 4 nitrogen and oxygen atoms in total. The molecule has 2 unspecified atom stereocenters. The van der Waals surface area contributed by atoms with Crippen molar-refractivity contribution in [3.05, 3.63) is 0 Å². The van der Waals surface area contributed by atoms with Crippen LogP contribution < -0.4 is 5.32 Å². The summed E-state index contributed by atoms with van der Waals surface area (Å²) in [6, 6.07) is 0.428. The summed E-state index contributed by atoms with van der Waals surface area (Å²) in [6.07, 6.45) is 3.72. The van der Waals surface area contributed by atoms with Gasteiger partial charge in [0.1, 0.15) is 5.60 Å². The summed E-state index contributed by atoms with van der Waals surface area (Å²) >= 11 is 0. The second-order valence-electron chi connectivity index (χ2n) is 7.27. The predicted octanol–water partition coefficient (Wildman–Crippen LogP) is 2.63. The number of ether oxygens (including phenoxy) is 1. The Bertz CT molecular complexity index is 321. The Hall–Kier alpha value is -0.770. The van der Waals surface area contributed by atoms with Crippen LogP contribution in [0, 0.1) is 11.8 Å². The van der Waals surface area contributed by atoms with E-state index in [0.29, 0.717) is 12.0 Å². The Morgan fingerprint density at radius 2 is 2.00 bits per heavy atom. The first-order chi connectivity index (χ1) is 8.83. The van der Waals surface area contributed by atoms with E-state index in [0.717, 1.165) is 32.0 Å². The molecule has 110 valence electrons. The molecule has 0 spiro atoms. The van der Waals surface area contributed by atoms with Gasteiger partial charge in [-0.3, -0.25) is 0 Å². The SMILES string of the molecule is CC1CC(NCC2CC2)CN(C(=O)OC(C)(C)C)C1. The molecule has 0 aromatic heterocycles. The molecule has 0 aromatic rings. The molecule has 1 saturated carbocycles. The molecule has 0 radical (unpaired) electrons. The van der Waals surface area contributed by atoms with Crippen molar-refractivity contribution < 1.29 is 9.53 Å². The van der Waals surface area contributed by atoms with Gasteiger partial charge in [-0.25, -0.2) is 4.79 Å². The molecule has 0 aromatic carbocycles. The number of carbonyl (C=O) groups is 1. The topological polar surface area (TPSA) is 41.6 Å². The maximum atomic E-state index is 12.1. The summed E-state index contributed by atoms with van der Waals surface area (Å²) < 4.78 is 5.47. The molecule has 2 rings (SSSR count). The standard InChI is InChI=1S/C15H28N2O2/c1-11-7-13(16-8-12-5-6-12)10-17(9-11)14(18)19-15(2,3)4/h11-13,16H,5-10H2,1-4H3. The molecule has 1 aliphatic heterocycles. The van der Waals surface area contributed by atoms with E-state index in [9.17, 15) is 4.79 Å². The van der Waals surface area contributed by atoms with Crippen molar-refractivity contribution in [2.24, 2.45) is 11.8 Å². The van der Waals surface area contributed by atoms with Crippen LogP contribution in [-0.4, -0.2) is 42.3 Å². The highest BCUT2D eigenvalue weighted by Crippen LogP contribution is 2.28. The smallest absolute Gasteiger partial charge is 0.410 e. The highest BCUT2D eigenvalue weighted by atomic mass is 16.6. The summed E-state index contributed by atoms with van der Waals surface area (Å²) in [4.78, 5) is 14.0. The summed E-state index contributed by atoms with van der Waals surface area (Å²) in [7, 11) is 0. The number of nitrogens with zero attached hydrogens (tertiary/aromatic N) is 1. The first-order valence-electron chi connectivity index (χ1n) is 7.55. The number of hydrogen-bond acceptors (Lipinski definition) is 3. The fraction of sp³-hybridized carbons (Fsp3) is 0.933. The third kappa shape index (κ3) is 5.01. The van der Waals surface area contributed by atoms with E-state index in [4.69, 9.17) is 4.74 Å².